The van der Waals surface area contributed by atoms with Gasteiger partial charge >= 0.3 is 12.1 Å². The summed E-state index contributed by atoms with van der Waals surface area (Å²) in [7, 11) is 1.24. The van der Waals surface area contributed by atoms with E-state index in [2.05, 4.69) is 22.5 Å². The third-order valence-corrected chi connectivity index (χ3v) is 9.02. The molecule has 1 fully saturated rings. The second-order valence-electron chi connectivity index (χ2n) is 14.0. The Bertz CT molecular complexity index is 1840. The number of methoxy groups -OCH3 is 1. The van der Waals surface area contributed by atoms with Crippen molar-refractivity contribution in [3.63, 3.8) is 0 Å². The van der Waals surface area contributed by atoms with Crippen LogP contribution in [0.3, 0.4) is 0 Å². The first-order valence-electron chi connectivity index (χ1n) is 17.3. The van der Waals surface area contributed by atoms with E-state index in [4.69, 9.17) is 14.2 Å². The first-order valence-corrected chi connectivity index (χ1v) is 17.3. The molecule has 0 spiro atoms. The molecular formula is C38H46FN5O8. The molecule has 2 aliphatic rings. The average molecular weight is 720 g/mol. The zero-order valence-electron chi connectivity index (χ0n) is 29.9. The van der Waals surface area contributed by atoms with Crippen molar-refractivity contribution in [1.29, 1.82) is 0 Å². The highest BCUT2D eigenvalue weighted by Gasteiger charge is 2.43. The van der Waals surface area contributed by atoms with Crippen LogP contribution in [0.25, 0.3) is 10.9 Å². The zero-order chi connectivity index (χ0) is 37.6. The Morgan fingerprint density at radius 2 is 1.90 bits per heavy atom. The molecule has 4 bridgehead atoms. The second kappa shape index (κ2) is 16.4. The molecule has 4 amide bonds. The van der Waals surface area contributed by atoms with E-state index in [-0.39, 0.29) is 39.0 Å². The highest BCUT2D eigenvalue weighted by Crippen LogP contribution is 2.28. The van der Waals surface area contributed by atoms with Crippen LogP contribution >= 0.6 is 0 Å². The van der Waals surface area contributed by atoms with Crippen LogP contribution in [-0.2, 0) is 59.3 Å². The Hall–Kier alpha value is -5.24. The van der Waals surface area contributed by atoms with E-state index in [1.165, 1.54) is 24.1 Å². The maximum atomic E-state index is 14.7. The topological polar surface area (TPSA) is 157 Å². The van der Waals surface area contributed by atoms with Crippen LogP contribution in [0.1, 0.15) is 50.3 Å². The van der Waals surface area contributed by atoms with E-state index in [0.717, 1.165) is 5.56 Å². The van der Waals surface area contributed by atoms with Gasteiger partial charge in [0.05, 0.1) is 25.7 Å². The van der Waals surface area contributed by atoms with Gasteiger partial charge in [-0.1, -0.05) is 30.3 Å². The smallest absolute Gasteiger partial charge is 0.408 e. The van der Waals surface area contributed by atoms with E-state index in [1.54, 1.807) is 51.2 Å². The lowest BCUT2D eigenvalue weighted by Gasteiger charge is -2.31. The van der Waals surface area contributed by atoms with E-state index < -0.39 is 65.4 Å². The van der Waals surface area contributed by atoms with Gasteiger partial charge in [-0.2, -0.15) is 0 Å². The van der Waals surface area contributed by atoms with E-state index >= 15 is 0 Å². The first kappa shape index (κ1) is 38.0. The SMILES string of the molecule is C=CCn1cc(C[C@@H]2NC(=O)[C@@H](NC(=O)OC(C)(C)C)Cc3cccc(c3)CNC(=O)CO[C@H]3CCN(C2=O)[C@@H]3CC(=O)OC)c2cc(F)ccc21. The van der Waals surface area contributed by atoms with Gasteiger partial charge in [0.2, 0.25) is 17.7 Å². The van der Waals surface area contributed by atoms with Crippen LogP contribution in [0.5, 0.6) is 0 Å². The largest absolute Gasteiger partial charge is 0.469 e. The van der Waals surface area contributed by atoms with Crippen molar-refractivity contribution in [2.75, 3.05) is 20.3 Å². The summed E-state index contributed by atoms with van der Waals surface area (Å²) in [5, 5.41) is 8.93. The minimum atomic E-state index is -1.23. The average Bonchev–Trinajstić information content (AvgIpc) is 3.64. The summed E-state index contributed by atoms with van der Waals surface area (Å²) < 4.78 is 32.9. The highest BCUT2D eigenvalue weighted by molar-refractivity contribution is 5.93. The van der Waals surface area contributed by atoms with Gasteiger partial charge in [-0.3, -0.25) is 19.2 Å². The van der Waals surface area contributed by atoms with E-state index in [9.17, 15) is 28.4 Å². The van der Waals surface area contributed by atoms with Crippen LogP contribution in [0.15, 0.2) is 61.3 Å². The van der Waals surface area contributed by atoms with Crippen molar-refractivity contribution in [3.8, 4) is 0 Å². The molecule has 0 radical (unpaired) electrons. The fourth-order valence-corrected chi connectivity index (χ4v) is 6.67. The number of aromatic nitrogens is 1. The van der Waals surface area contributed by atoms with Crippen molar-refractivity contribution < 1.29 is 42.6 Å². The van der Waals surface area contributed by atoms with Gasteiger partial charge in [-0.25, -0.2) is 9.18 Å². The van der Waals surface area contributed by atoms with Gasteiger partial charge in [0, 0.05) is 49.6 Å². The van der Waals surface area contributed by atoms with Crippen LogP contribution < -0.4 is 16.0 Å². The molecule has 1 aromatic heterocycles. The summed E-state index contributed by atoms with van der Waals surface area (Å²) in [5.41, 5.74) is 1.86. The third kappa shape index (κ3) is 9.55. The zero-order valence-corrected chi connectivity index (χ0v) is 29.9. The Morgan fingerprint density at radius 1 is 1.13 bits per heavy atom. The number of carbonyl (C=O) groups excluding carboxylic acids is 5. The van der Waals surface area contributed by atoms with Gasteiger partial charge in [-0.15, -0.1) is 6.58 Å². The van der Waals surface area contributed by atoms with E-state index in [1.807, 2.05) is 16.7 Å². The number of alkyl carbamates (subject to hydrolysis) is 1. The minimum absolute atomic E-state index is 0.0253. The molecule has 3 aromatic rings. The molecule has 0 unspecified atom stereocenters. The molecule has 0 saturated carbocycles. The van der Waals surface area contributed by atoms with Crippen LogP contribution in [0.4, 0.5) is 9.18 Å². The molecule has 2 aromatic carbocycles. The normalized spacial score (nSPS) is 21.6. The Balaban J connectivity index is 1.58. The molecular weight excluding hydrogens is 673 g/mol. The number of ether oxygens (including phenoxy) is 3. The lowest BCUT2D eigenvalue weighted by atomic mass is 10.00. The lowest BCUT2D eigenvalue weighted by molar-refractivity contribution is -0.146. The maximum absolute atomic E-state index is 14.7. The molecule has 2 aliphatic heterocycles. The van der Waals surface area contributed by atoms with Crippen LogP contribution in [0, 0.1) is 5.82 Å². The standard InChI is InChI=1S/C38H46FN5O8/c1-6-13-43-21-25(27-18-26(39)10-11-30(27)43)17-29-36(48)44-14-12-32(31(44)19-34(46)50-5)51-22-33(45)40-20-24-9-7-8-23(15-24)16-28(35(47)41-29)42-37(49)52-38(2,3)4/h6-11,15,18,21,28-29,31-32H,1,12-14,16-17,19-20,22H2,2-5H3,(H,40,45)(H,41,47)(H,42,49)/t28-,29-,31+,32-/m0/s1. The predicted octanol–water partition coefficient (Wildman–Crippen LogP) is 3.31. The van der Waals surface area contributed by atoms with E-state index in [0.29, 0.717) is 35.0 Å². The fraction of sp³-hybridized carbons (Fsp3) is 0.447. The molecule has 5 rings (SSSR count). The number of rotatable bonds is 7. The summed E-state index contributed by atoms with van der Waals surface area (Å²) >= 11 is 0. The third-order valence-electron chi connectivity index (χ3n) is 9.02. The highest BCUT2D eigenvalue weighted by atomic mass is 19.1. The number of carbonyl (C=O) groups is 5. The molecule has 4 atom stereocenters. The van der Waals surface area contributed by atoms with Crippen LogP contribution in [-0.4, -0.2) is 89.3 Å². The summed E-state index contributed by atoms with van der Waals surface area (Å²) in [4.78, 5) is 68.9. The molecule has 13 nitrogen and oxygen atoms in total. The summed E-state index contributed by atoms with van der Waals surface area (Å²) in [5.74, 6) is -2.64. The Labute approximate surface area is 301 Å². The first-order chi connectivity index (χ1) is 24.7. The van der Waals surface area contributed by atoms with Gasteiger partial charge in [0.15, 0.2) is 0 Å². The number of amides is 4. The number of halogens is 1. The quantitative estimate of drug-likeness (QED) is 0.248. The summed E-state index contributed by atoms with van der Waals surface area (Å²) in [6.45, 7) is 9.36. The van der Waals surface area contributed by atoms with Gasteiger partial charge in [-0.05, 0) is 62.1 Å². The number of nitrogens with zero attached hydrogens (tertiary/aromatic N) is 2. The number of hydrogen-bond donors (Lipinski definition) is 3. The molecule has 1 saturated heterocycles. The van der Waals surface area contributed by atoms with Crippen molar-refractivity contribution in [2.45, 2.75) is 89.4 Å². The lowest BCUT2D eigenvalue weighted by Crippen LogP contribution is -2.57. The Kier molecular flexibility index (Phi) is 12.0. The molecule has 278 valence electrons. The van der Waals surface area contributed by atoms with Crippen molar-refractivity contribution in [3.05, 3.63) is 83.8 Å². The fourth-order valence-electron chi connectivity index (χ4n) is 6.67. The minimum Gasteiger partial charge on any atom is -0.469 e. The van der Waals surface area contributed by atoms with Gasteiger partial charge in [0.1, 0.15) is 30.1 Å². The molecule has 3 heterocycles. The Morgan fingerprint density at radius 3 is 2.63 bits per heavy atom. The van der Waals surface area contributed by atoms with Crippen molar-refractivity contribution in [1.82, 2.24) is 25.4 Å². The van der Waals surface area contributed by atoms with Crippen molar-refractivity contribution in [2.24, 2.45) is 0 Å². The summed E-state index contributed by atoms with van der Waals surface area (Å²) in [6, 6.07) is 8.31. The number of allylic oxidation sites excluding steroid dienone is 1. The van der Waals surface area contributed by atoms with Gasteiger partial charge in [0.25, 0.3) is 0 Å². The second-order valence-corrected chi connectivity index (χ2v) is 14.0. The van der Waals surface area contributed by atoms with Gasteiger partial charge < -0.3 is 39.6 Å². The predicted molar refractivity (Wildman–Crippen MR) is 189 cm³/mol. The number of hydrogen-bond acceptors (Lipinski definition) is 8. The number of esters is 1. The number of fused-ring (bicyclic) bond motifs is 5. The molecule has 0 aliphatic carbocycles. The molecule has 52 heavy (non-hydrogen) atoms. The molecule has 14 heteroatoms. The maximum Gasteiger partial charge on any atom is 0.408 e. The monoisotopic (exact) mass is 719 g/mol. The molecule has 3 N–H and O–H groups in total. The van der Waals surface area contributed by atoms with Crippen LogP contribution in [0.2, 0.25) is 0 Å². The number of nitrogens with one attached hydrogen (secondary N) is 3. The van der Waals surface area contributed by atoms with Crippen molar-refractivity contribution >= 4 is 40.7 Å². The summed E-state index contributed by atoms with van der Waals surface area (Å²) in [6.07, 6.45) is 2.04. The number of benzene rings is 2.